The van der Waals surface area contributed by atoms with Crippen molar-refractivity contribution in [2.24, 2.45) is 0 Å². The molecule has 0 radical (unpaired) electrons. The van der Waals surface area contributed by atoms with E-state index >= 15 is 0 Å². The molecule has 0 spiro atoms. The first-order valence-electron chi connectivity index (χ1n) is 24.8. The maximum absolute atomic E-state index is 9.36. The predicted octanol–water partition coefficient (Wildman–Crippen LogP) is 16.4. The van der Waals surface area contributed by atoms with Crippen LogP contribution >= 0.6 is 0 Å². The summed E-state index contributed by atoms with van der Waals surface area (Å²) in [5, 5.41) is 6.11. The predicted molar refractivity (Wildman–Crippen MR) is 280 cm³/mol. The Labute approximate surface area is 415 Å². The minimum absolute atomic E-state index is 0. The van der Waals surface area contributed by atoms with Gasteiger partial charge in [-0.05, 0) is 101 Å². The number of nitrogens with zero attached hydrogens (tertiary/aromatic N) is 4. The summed E-state index contributed by atoms with van der Waals surface area (Å²) in [6.07, 6.45) is 2.16. The first-order valence-corrected chi connectivity index (χ1v) is 22.8. The zero-order chi connectivity index (χ0) is 49.1. The molecule has 8 aromatic carbocycles. The van der Waals surface area contributed by atoms with Crippen LogP contribution in [0.4, 0.5) is 0 Å². The largest absolute Gasteiger partial charge is 0.510 e. The molecule has 0 N–H and O–H groups in total. The third-order valence-electron chi connectivity index (χ3n) is 13.0. The quantitative estimate of drug-likeness (QED) is 0.154. The molecule has 0 saturated carbocycles. The van der Waals surface area contributed by atoms with E-state index in [0.29, 0.717) is 38.6 Å². The van der Waals surface area contributed by atoms with Crippen molar-refractivity contribution >= 4 is 82.1 Å². The SMILES string of the molecule is [2H]c1c([2H])c([2H])c2c(c1[2H])c1ccc3[c-]c1n2c1cc(C(C)(C)C)cc(n1)c1cccc(c1)c1ccccc1c1cc(C(C)(C)C)cc(-c2ccccc2)c1n1[cH-]n(c2[c-]c(ccc2)o3)-c2ccccc2-1.[Pt]. The van der Waals surface area contributed by atoms with Crippen LogP contribution in [0.3, 0.4) is 0 Å². The summed E-state index contributed by atoms with van der Waals surface area (Å²) < 4.78 is 49.1. The Morgan fingerprint density at radius 1 is 0.559 bits per heavy atom. The van der Waals surface area contributed by atoms with Crippen molar-refractivity contribution in [2.75, 3.05) is 0 Å². The number of hydrogen-bond donors (Lipinski definition) is 0. The van der Waals surface area contributed by atoms with Crippen LogP contribution < -0.4 is 0 Å². The molecule has 0 aliphatic carbocycles. The zero-order valence-corrected chi connectivity index (χ0v) is 40.9. The molecule has 1 aliphatic heterocycles. The molecule has 4 heterocycles. The maximum Gasteiger partial charge on any atom is 0.136 e. The minimum Gasteiger partial charge on any atom is -0.510 e. The molecular formula is C62H49N4OPt-3. The fourth-order valence-corrected chi connectivity index (χ4v) is 9.54. The van der Waals surface area contributed by atoms with Crippen LogP contribution in [0.2, 0.25) is 0 Å². The summed E-state index contributed by atoms with van der Waals surface area (Å²) in [6, 6.07) is 60.9. The van der Waals surface area contributed by atoms with Crippen molar-refractivity contribution in [3.8, 4) is 22.5 Å². The van der Waals surface area contributed by atoms with Crippen LogP contribution in [0.25, 0.3) is 105 Å². The van der Waals surface area contributed by atoms with E-state index in [0.717, 1.165) is 71.5 Å². The molecule has 0 saturated heterocycles. The van der Waals surface area contributed by atoms with Crippen molar-refractivity contribution < 1.29 is 31.0 Å². The first kappa shape index (κ1) is 38.7. The van der Waals surface area contributed by atoms with Crippen LogP contribution in [0.1, 0.15) is 58.2 Å². The van der Waals surface area contributed by atoms with E-state index in [4.69, 9.17) is 12.1 Å². The van der Waals surface area contributed by atoms with Crippen LogP contribution in [-0.4, -0.2) is 18.5 Å². The Balaban J connectivity index is 0.00000560. The summed E-state index contributed by atoms with van der Waals surface area (Å²) in [7, 11) is 0. The normalized spacial score (nSPS) is 13.0. The molecule has 12 rings (SSSR count). The summed E-state index contributed by atoms with van der Waals surface area (Å²) in [4.78, 5) is 5.42. The van der Waals surface area contributed by atoms with Crippen LogP contribution in [0.15, 0.2) is 193 Å². The van der Waals surface area contributed by atoms with Gasteiger partial charge in [-0.25, -0.2) is 4.98 Å². The van der Waals surface area contributed by atoms with E-state index in [1.54, 1.807) is 6.07 Å². The smallest absolute Gasteiger partial charge is 0.136 e. The van der Waals surface area contributed by atoms with Crippen molar-refractivity contribution in [3.63, 3.8) is 0 Å². The average Bonchev–Trinajstić information content (AvgIpc) is 3.93. The van der Waals surface area contributed by atoms with Gasteiger partial charge in [0.2, 0.25) is 0 Å². The van der Waals surface area contributed by atoms with Crippen molar-refractivity contribution in [3.05, 3.63) is 211 Å². The Morgan fingerprint density at radius 3 is 2.03 bits per heavy atom. The van der Waals surface area contributed by atoms with E-state index in [1.165, 1.54) is 5.56 Å². The Hall–Kier alpha value is -7.33. The Bertz CT molecular complexity index is 4310. The molecule has 5 nitrogen and oxygen atoms in total. The third-order valence-corrected chi connectivity index (χ3v) is 13.0. The molecule has 68 heavy (non-hydrogen) atoms. The van der Waals surface area contributed by atoms with Gasteiger partial charge in [0.25, 0.3) is 0 Å². The zero-order valence-electron chi connectivity index (χ0n) is 42.6. The van der Waals surface area contributed by atoms with Crippen molar-refractivity contribution in [2.45, 2.75) is 52.4 Å². The van der Waals surface area contributed by atoms with Gasteiger partial charge >= 0.3 is 0 Å². The molecule has 3 aromatic heterocycles. The van der Waals surface area contributed by atoms with Gasteiger partial charge in [-0.3, -0.25) is 0 Å². The molecule has 0 unspecified atom stereocenters. The number of rotatable bonds is 1. The second-order valence-corrected chi connectivity index (χ2v) is 19.5. The van der Waals surface area contributed by atoms with Crippen molar-refractivity contribution in [1.82, 2.24) is 18.5 Å². The van der Waals surface area contributed by atoms with Gasteiger partial charge in [0.1, 0.15) is 5.65 Å². The standard InChI is InChI=1S/C62H49N4O.Pt/c1-61(2,3)43-33-52(40-18-8-7-9-19-40)60-53(34-43)49-25-11-10-24-48(49)41-20-16-21-42(32-41)54-35-44(62(4,5)6)36-59(63-54)66-55-27-13-12-26-50(55)51-31-30-47(38-58(51)66)67-46-23-17-22-45(37-46)64-39-65(60)57-29-15-14-28-56(57)64;/h7-36,39H,1-6H3;/q-3;/i12D,13D,26D,27D;. The van der Waals surface area contributed by atoms with Crippen LogP contribution in [0, 0.1) is 12.1 Å². The molecule has 0 fully saturated rings. The van der Waals surface area contributed by atoms with Gasteiger partial charge in [0.05, 0.1) is 11.0 Å². The molecule has 0 amide bonds. The monoisotopic (exact) mass is 1060 g/mol. The Morgan fingerprint density at radius 2 is 1.24 bits per heavy atom. The fraction of sp³-hybridized carbons (Fsp3) is 0.129. The Kier molecular flexibility index (Phi) is 9.38. The van der Waals surface area contributed by atoms with Gasteiger partial charge in [0, 0.05) is 49.5 Å². The van der Waals surface area contributed by atoms with Crippen molar-refractivity contribution in [1.29, 1.82) is 0 Å². The number of para-hydroxylation sites is 3. The second kappa shape index (κ2) is 16.5. The molecule has 11 aromatic rings. The first-order chi connectivity index (χ1) is 34.1. The van der Waals surface area contributed by atoms with Gasteiger partial charge in [0.15, 0.2) is 0 Å². The number of hydrogen-bond acceptors (Lipinski definition) is 2. The van der Waals surface area contributed by atoms with Gasteiger partial charge in [-0.1, -0.05) is 174 Å². The molecule has 10 bridgehead atoms. The van der Waals surface area contributed by atoms with Crippen LogP contribution in [-0.2, 0) is 31.9 Å². The van der Waals surface area contributed by atoms with Gasteiger partial charge in [-0.15, -0.1) is 29.1 Å². The fourth-order valence-electron chi connectivity index (χ4n) is 9.54. The second-order valence-electron chi connectivity index (χ2n) is 19.5. The summed E-state index contributed by atoms with van der Waals surface area (Å²) in [6.45, 7) is 13.3. The van der Waals surface area contributed by atoms with E-state index in [9.17, 15) is 2.74 Å². The van der Waals surface area contributed by atoms with Gasteiger partial charge in [-0.2, -0.15) is 24.3 Å². The topological polar surface area (TPSA) is 40.3 Å². The van der Waals surface area contributed by atoms with E-state index in [2.05, 4.69) is 190 Å². The van der Waals surface area contributed by atoms with E-state index in [-0.39, 0.29) is 56.1 Å². The number of aromatic nitrogens is 4. The number of pyridine rings is 1. The van der Waals surface area contributed by atoms with E-state index in [1.807, 2.05) is 34.7 Å². The average molecular weight is 1070 g/mol. The summed E-state index contributed by atoms with van der Waals surface area (Å²) in [5.74, 6) is 0. The molecule has 336 valence electrons. The number of benzene rings is 8. The summed E-state index contributed by atoms with van der Waals surface area (Å²) >= 11 is 0. The number of imidazole rings is 1. The van der Waals surface area contributed by atoms with Crippen LogP contribution in [0.5, 0.6) is 0 Å². The number of fused-ring (bicyclic) bond motifs is 23. The molecular weight excluding hydrogens is 1010 g/mol. The van der Waals surface area contributed by atoms with Gasteiger partial charge < -0.3 is 18.0 Å². The van der Waals surface area contributed by atoms with E-state index < -0.39 is 0 Å². The minimum atomic E-state index is -0.328. The maximum atomic E-state index is 9.36. The third kappa shape index (κ3) is 7.37. The molecule has 0 atom stereocenters. The molecule has 1 aliphatic rings. The summed E-state index contributed by atoms with van der Waals surface area (Å²) in [5.41, 5.74) is 10.6. The molecule has 6 heteroatoms.